The average Bonchev–Trinajstić information content (AvgIpc) is 3.34. The molecule has 0 spiro atoms. The number of benzene rings is 1. The molecule has 1 saturated carbocycles. The molecule has 120 valence electrons. The number of amides is 2. The van der Waals surface area contributed by atoms with Crippen molar-refractivity contribution in [1.82, 2.24) is 10.6 Å². The molecular weight excluding hydrogens is 276 g/mol. The fraction of sp³-hybridized carbons (Fsp3) is 0.556. The van der Waals surface area contributed by atoms with E-state index < -0.39 is 5.41 Å². The third-order valence-electron chi connectivity index (χ3n) is 4.23. The maximum atomic E-state index is 12.3. The standard InChI is InChI=1S/C18H26N2O2/c1-2-3-7-13-19-16(21)18(11-12-18)17(22)20-14-10-15-8-5-4-6-9-15/h4-6,8-9H,2-3,7,10-14H2,1H3,(H,19,21)(H,20,22). The minimum Gasteiger partial charge on any atom is -0.355 e. The lowest BCUT2D eigenvalue weighted by atomic mass is 10.0. The van der Waals surface area contributed by atoms with Gasteiger partial charge in [0.2, 0.25) is 11.8 Å². The van der Waals surface area contributed by atoms with Crippen LogP contribution < -0.4 is 10.6 Å². The summed E-state index contributed by atoms with van der Waals surface area (Å²) in [4.78, 5) is 24.5. The summed E-state index contributed by atoms with van der Waals surface area (Å²) in [6.07, 6.45) is 5.35. The van der Waals surface area contributed by atoms with E-state index in [1.807, 2.05) is 30.3 Å². The predicted molar refractivity (Wildman–Crippen MR) is 87.4 cm³/mol. The van der Waals surface area contributed by atoms with Gasteiger partial charge in [0.05, 0.1) is 0 Å². The largest absolute Gasteiger partial charge is 0.355 e. The van der Waals surface area contributed by atoms with Gasteiger partial charge >= 0.3 is 0 Å². The molecule has 0 saturated heterocycles. The molecule has 1 aromatic rings. The van der Waals surface area contributed by atoms with Gasteiger partial charge in [0.15, 0.2) is 0 Å². The molecule has 1 aliphatic carbocycles. The van der Waals surface area contributed by atoms with Gasteiger partial charge in [-0.2, -0.15) is 0 Å². The quantitative estimate of drug-likeness (QED) is 0.544. The van der Waals surface area contributed by atoms with Crippen molar-refractivity contribution in [3.05, 3.63) is 35.9 Å². The third-order valence-corrected chi connectivity index (χ3v) is 4.23. The van der Waals surface area contributed by atoms with Gasteiger partial charge in [0, 0.05) is 13.1 Å². The summed E-state index contributed by atoms with van der Waals surface area (Å²) in [6.45, 7) is 3.38. The van der Waals surface area contributed by atoms with Crippen molar-refractivity contribution in [2.24, 2.45) is 5.41 Å². The first-order valence-electron chi connectivity index (χ1n) is 8.29. The summed E-state index contributed by atoms with van der Waals surface area (Å²) >= 11 is 0. The van der Waals surface area contributed by atoms with Crippen molar-refractivity contribution in [3.63, 3.8) is 0 Å². The van der Waals surface area contributed by atoms with Crippen LogP contribution in [-0.2, 0) is 16.0 Å². The molecule has 0 bridgehead atoms. The SMILES string of the molecule is CCCCCNC(=O)C1(C(=O)NCCc2ccccc2)CC1. The van der Waals surface area contributed by atoms with Crippen LogP contribution in [0.4, 0.5) is 0 Å². The Hall–Kier alpha value is -1.84. The Morgan fingerprint density at radius 3 is 2.23 bits per heavy atom. The fourth-order valence-corrected chi connectivity index (χ4v) is 2.56. The van der Waals surface area contributed by atoms with Gasteiger partial charge in [0.1, 0.15) is 5.41 Å². The molecule has 0 heterocycles. The number of unbranched alkanes of at least 4 members (excludes halogenated alkanes) is 2. The number of carbonyl (C=O) groups is 2. The highest BCUT2D eigenvalue weighted by Gasteiger charge is 2.56. The number of nitrogens with one attached hydrogen (secondary N) is 2. The minimum atomic E-state index is -0.789. The molecule has 2 rings (SSSR count). The predicted octanol–water partition coefficient (Wildman–Crippen LogP) is 2.43. The third kappa shape index (κ3) is 4.33. The maximum Gasteiger partial charge on any atom is 0.235 e. The lowest BCUT2D eigenvalue weighted by Crippen LogP contribution is -2.43. The monoisotopic (exact) mass is 302 g/mol. The summed E-state index contributed by atoms with van der Waals surface area (Å²) in [5, 5.41) is 5.83. The van der Waals surface area contributed by atoms with Gasteiger partial charge < -0.3 is 10.6 Å². The number of hydrogen-bond acceptors (Lipinski definition) is 2. The zero-order valence-corrected chi connectivity index (χ0v) is 13.4. The fourth-order valence-electron chi connectivity index (χ4n) is 2.56. The van der Waals surface area contributed by atoms with E-state index in [4.69, 9.17) is 0 Å². The molecule has 0 atom stereocenters. The van der Waals surface area contributed by atoms with Crippen LogP contribution in [0.15, 0.2) is 30.3 Å². The Morgan fingerprint density at radius 1 is 1.00 bits per heavy atom. The van der Waals surface area contributed by atoms with E-state index in [1.54, 1.807) is 0 Å². The zero-order valence-electron chi connectivity index (χ0n) is 13.4. The van der Waals surface area contributed by atoms with E-state index in [0.29, 0.717) is 25.9 Å². The lowest BCUT2D eigenvalue weighted by Gasteiger charge is -2.15. The topological polar surface area (TPSA) is 58.2 Å². The summed E-state index contributed by atoms with van der Waals surface area (Å²) in [5.74, 6) is -0.211. The van der Waals surface area contributed by atoms with Crippen LogP contribution in [-0.4, -0.2) is 24.9 Å². The number of carbonyl (C=O) groups excluding carboxylic acids is 2. The second-order valence-corrected chi connectivity index (χ2v) is 6.04. The molecule has 0 aliphatic heterocycles. The highest BCUT2D eigenvalue weighted by molar-refractivity contribution is 6.07. The highest BCUT2D eigenvalue weighted by Crippen LogP contribution is 2.46. The maximum absolute atomic E-state index is 12.3. The van der Waals surface area contributed by atoms with Gasteiger partial charge in [-0.1, -0.05) is 50.1 Å². The molecule has 0 unspecified atom stereocenters. The van der Waals surface area contributed by atoms with Crippen LogP contribution in [0.2, 0.25) is 0 Å². The van der Waals surface area contributed by atoms with Gasteiger partial charge in [-0.25, -0.2) is 0 Å². The van der Waals surface area contributed by atoms with E-state index >= 15 is 0 Å². The Labute approximate surface area is 132 Å². The van der Waals surface area contributed by atoms with Crippen molar-refractivity contribution in [2.75, 3.05) is 13.1 Å². The molecule has 4 nitrogen and oxygen atoms in total. The molecular formula is C18H26N2O2. The van der Waals surface area contributed by atoms with Gasteiger partial charge in [0.25, 0.3) is 0 Å². The lowest BCUT2D eigenvalue weighted by molar-refractivity contribution is -0.137. The molecule has 1 aromatic carbocycles. The molecule has 2 amide bonds. The average molecular weight is 302 g/mol. The Kier molecular flexibility index (Phi) is 5.99. The Bertz CT molecular complexity index is 495. The minimum absolute atomic E-state index is 0.0965. The van der Waals surface area contributed by atoms with Gasteiger partial charge in [-0.3, -0.25) is 9.59 Å². The Balaban J connectivity index is 1.73. The van der Waals surface area contributed by atoms with Crippen LogP contribution in [0, 0.1) is 5.41 Å². The van der Waals surface area contributed by atoms with Crippen LogP contribution in [0.3, 0.4) is 0 Å². The second-order valence-electron chi connectivity index (χ2n) is 6.04. The smallest absolute Gasteiger partial charge is 0.235 e. The molecule has 1 aliphatic rings. The van der Waals surface area contributed by atoms with Crippen LogP contribution in [0.1, 0.15) is 44.6 Å². The summed E-state index contributed by atoms with van der Waals surface area (Å²) in [6, 6.07) is 10.0. The van der Waals surface area contributed by atoms with Crippen LogP contribution in [0.5, 0.6) is 0 Å². The molecule has 4 heteroatoms. The van der Waals surface area contributed by atoms with E-state index in [-0.39, 0.29) is 11.8 Å². The first-order valence-corrected chi connectivity index (χ1v) is 8.29. The molecule has 0 radical (unpaired) electrons. The van der Waals surface area contributed by atoms with Crippen molar-refractivity contribution >= 4 is 11.8 Å². The molecule has 22 heavy (non-hydrogen) atoms. The number of rotatable bonds is 9. The molecule has 1 fully saturated rings. The first kappa shape index (κ1) is 16.5. The van der Waals surface area contributed by atoms with E-state index in [1.165, 1.54) is 5.56 Å². The van der Waals surface area contributed by atoms with Crippen LogP contribution >= 0.6 is 0 Å². The summed E-state index contributed by atoms with van der Waals surface area (Å²) in [5.41, 5.74) is 0.403. The first-order chi connectivity index (χ1) is 10.7. The van der Waals surface area contributed by atoms with E-state index in [2.05, 4.69) is 17.6 Å². The van der Waals surface area contributed by atoms with Gasteiger partial charge in [-0.15, -0.1) is 0 Å². The van der Waals surface area contributed by atoms with Gasteiger partial charge in [-0.05, 0) is 31.2 Å². The zero-order chi connectivity index (χ0) is 15.8. The second kappa shape index (κ2) is 7.97. The number of hydrogen-bond donors (Lipinski definition) is 2. The summed E-state index contributed by atoms with van der Waals surface area (Å²) in [7, 11) is 0. The molecule has 0 aromatic heterocycles. The van der Waals surface area contributed by atoms with E-state index in [9.17, 15) is 9.59 Å². The highest BCUT2D eigenvalue weighted by atomic mass is 16.2. The van der Waals surface area contributed by atoms with Crippen LogP contribution in [0.25, 0.3) is 0 Å². The van der Waals surface area contributed by atoms with E-state index in [0.717, 1.165) is 25.7 Å². The van der Waals surface area contributed by atoms with Crippen molar-refractivity contribution in [1.29, 1.82) is 0 Å². The molecule has 2 N–H and O–H groups in total. The normalized spacial score (nSPS) is 15.1. The summed E-state index contributed by atoms with van der Waals surface area (Å²) < 4.78 is 0. The van der Waals surface area contributed by atoms with Crippen molar-refractivity contribution < 1.29 is 9.59 Å². The Morgan fingerprint density at radius 2 is 1.64 bits per heavy atom. The van der Waals surface area contributed by atoms with Crippen molar-refractivity contribution in [2.45, 2.75) is 45.4 Å². The van der Waals surface area contributed by atoms with Crippen molar-refractivity contribution in [3.8, 4) is 0 Å².